The van der Waals surface area contributed by atoms with Gasteiger partial charge in [0.2, 0.25) is 0 Å². The monoisotopic (exact) mass is 382 g/mol. The lowest BCUT2D eigenvalue weighted by Crippen LogP contribution is -2.25. The minimum Gasteiger partial charge on any atom is -0.376 e. The molecule has 4 rings (SSSR count). The van der Waals surface area contributed by atoms with Gasteiger partial charge in [0.25, 0.3) is 5.91 Å². The third-order valence-electron chi connectivity index (χ3n) is 4.80. The number of para-hydroxylation sites is 2. The van der Waals surface area contributed by atoms with Gasteiger partial charge in [-0.05, 0) is 23.8 Å². The molecule has 1 aromatic heterocycles. The summed E-state index contributed by atoms with van der Waals surface area (Å²) in [5.41, 5.74) is 7.77. The minimum atomic E-state index is -0.202. The van der Waals surface area contributed by atoms with Crippen molar-refractivity contribution in [1.29, 1.82) is 0 Å². The van der Waals surface area contributed by atoms with Crippen LogP contribution in [0.2, 0.25) is 0 Å². The fraction of sp³-hybridized carbons (Fsp3) is 0.0833. The molecule has 0 fully saturated rings. The van der Waals surface area contributed by atoms with Gasteiger partial charge in [-0.3, -0.25) is 4.79 Å². The smallest absolute Gasteiger partial charge is 0.259 e. The average molecular weight is 382 g/mol. The van der Waals surface area contributed by atoms with E-state index in [1.807, 2.05) is 67.7 Å². The first kappa shape index (κ1) is 18.5. The third-order valence-corrected chi connectivity index (χ3v) is 4.80. The second-order valence-electron chi connectivity index (χ2n) is 6.72. The zero-order valence-electron chi connectivity index (χ0n) is 16.2. The normalized spacial score (nSPS) is 11.1. The molecule has 5 nitrogen and oxygen atoms in total. The molecule has 4 aromatic rings. The number of hydrazone groups is 1. The van der Waals surface area contributed by atoms with Crippen LogP contribution in [0, 0.1) is 0 Å². The number of amides is 1. The van der Waals surface area contributed by atoms with Crippen LogP contribution >= 0.6 is 0 Å². The van der Waals surface area contributed by atoms with E-state index in [1.54, 1.807) is 6.21 Å². The summed E-state index contributed by atoms with van der Waals surface area (Å²) in [5.74, 6) is -0.202. The lowest BCUT2D eigenvalue weighted by Gasteiger charge is -2.06. The second kappa shape index (κ2) is 8.44. The number of hydrogen-bond acceptors (Lipinski definition) is 3. The number of fused-ring (bicyclic) bond motifs is 1. The zero-order chi connectivity index (χ0) is 20.1. The Balaban J connectivity index is 1.56. The SMILES string of the molecule is Cn1c(-c2ccccc2)c(/C=N/NC(=O)CNc2ccccc2)c2ccccc21. The number of rotatable bonds is 6. The molecule has 144 valence electrons. The maximum atomic E-state index is 12.1. The van der Waals surface area contributed by atoms with E-state index in [2.05, 4.69) is 44.7 Å². The van der Waals surface area contributed by atoms with Crippen LogP contribution in [-0.4, -0.2) is 23.2 Å². The van der Waals surface area contributed by atoms with Crippen molar-refractivity contribution in [2.24, 2.45) is 12.1 Å². The van der Waals surface area contributed by atoms with Gasteiger partial charge in [0.05, 0.1) is 18.5 Å². The molecular formula is C24H22N4O. The van der Waals surface area contributed by atoms with Crippen LogP contribution < -0.4 is 10.7 Å². The maximum absolute atomic E-state index is 12.1. The Morgan fingerprint density at radius 1 is 0.931 bits per heavy atom. The third kappa shape index (κ3) is 4.04. The van der Waals surface area contributed by atoms with E-state index in [0.717, 1.165) is 33.4 Å². The van der Waals surface area contributed by atoms with Crippen molar-refractivity contribution in [2.45, 2.75) is 0 Å². The van der Waals surface area contributed by atoms with Crippen molar-refractivity contribution in [1.82, 2.24) is 9.99 Å². The van der Waals surface area contributed by atoms with Gasteiger partial charge in [0.1, 0.15) is 0 Å². The number of carbonyl (C=O) groups is 1. The largest absolute Gasteiger partial charge is 0.376 e. The molecule has 1 heterocycles. The minimum absolute atomic E-state index is 0.155. The molecule has 29 heavy (non-hydrogen) atoms. The van der Waals surface area contributed by atoms with E-state index in [-0.39, 0.29) is 12.5 Å². The number of aryl methyl sites for hydroxylation is 1. The summed E-state index contributed by atoms with van der Waals surface area (Å²) in [6.07, 6.45) is 1.73. The summed E-state index contributed by atoms with van der Waals surface area (Å²) in [6, 6.07) is 28.0. The molecule has 0 aliphatic rings. The number of hydrogen-bond donors (Lipinski definition) is 2. The molecule has 2 N–H and O–H groups in total. The summed E-state index contributed by atoms with van der Waals surface area (Å²) in [6.45, 7) is 0.155. The number of carbonyl (C=O) groups excluding carboxylic acids is 1. The van der Waals surface area contributed by atoms with Gasteiger partial charge in [-0.15, -0.1) is 0 Å². The van der Waals surface area contributed by atoms with Crippen LogP contribution in [0.3, 0.4) is 0 Å². The standard InChI is InChI=1S/C24H22N4O/c1-28-22-15-9-8-14-20(22)21(24(28)18-10-4-2-5-11-18)16-26-27-23(29)17-25-19-12-6-3-7-13-19/h2-16,25H,17H2,1H3,(H,27,29)/b26-16+. The van der Waals surface area contributed by atoms with E-state index in [9.17, 15) is 4.79 Å². The van der Waals surface area contributed by atoms with Gasteiger partial charge in [0.15, 0.2) is 0 Å². The number of aromatic nitrogens is 1. The van der Waals surface area contributed by atoms with Gasteiger partial charge in [-0.2, -0.15) is 5.10 Å². The molecule has 1 amide bonds. The summed E-state index contributed by atoms with van der Waals surface area (Å²) in [7, 11) is 2.05. The molecule has 3 aromatic carbocycles. The Labute approximate surface area is 169 Å². The van der Waals surface area contributed by atoms with E-state index >= 15 is 0 Å². The van der Waals surface area contributed by atoms with Crippen LogP contribution in [0.4, 0.5) is 5.69 Å². The van der Waals surface area contributed by atoms with Crippen LogP contribution in [0.15, 0.2) is 90.0 Å². The lowest BCUT2D eigenvalue weighted by atomic mass is 10.1. The average Bonchev–Trinajstić information content (AvgIpc) is 3.06. The number of nitrogens with zero attached hydrogens (tertiary/aromatic N) is 2. The quantitative estimate of drug-likeness (QED) is 0.383. The molecule has 0 aliphatic heterocycles. The van der Waals surface area contributed by atoms with E-state index in [0.29, 0.717) is 0 Å². The molecular weight excluding hydrogens is 360 g/mol. The van der Waals surface area contributed by atoms with Crippen LogP contribution in [-0.2, 0) is 11.8 Å². The maximum Gasteiger partial charge on any atom is 0.259 e. The summed E-state index contributed by atoms with van der Waals surface area (Å²) >= 11 is 0. The molecule has 0 saturated heterocycles. The molecule has 0 bridgehead atoms. The predicted octanol–water partition coefficient (Wildman–Crippen LogP) is 4.41. The predicted molar refractivity (Wildman–Crippen MR) is 119 cm³/mol. The molecule has 0 atom stereocenters. The van der Waals surface area contributed by atoms with Gasteiger partial charge in [-0.1, -0.05) is 66.7 Å². The van der Waals surface area contributed by atoms with Gasteiger partial charge in [0, 0.05) is 29.2 Å². The molecule has 0 aliphatic carbocycles. The fourth-order valence-electron chi connectivity index (χ4n) is 3.45. The first-order valence-electron chi connectivity index (χ1n) is 9.47. The summed E-state index contributed by atoms with van der Waals surface area (Å²) < 4.78 is 2.16. The second-order valence-corrected chi connectivity index (χ2v) is 6.72. The highest BCUT2D eigenvalue weighted by atomic mass is 16.2. The van der Waals surface area contributed by atoms with Crippen LogP contribution in [0.25, 0.3) is 22.2 Å². The van der Waals surface area contributed by atoms with Crippen molar-refractivity contribution in [3.05, 3.63) is 90.5 Å². The molecule has 0 unspecified atom stereocenters. The van der Waals surface area contributed by atoms with Gasteiger partial charge in [-0.25, -0.2) is 5.43 Å². The van der Waals surface area contributed by atoms with Crippen molar-refractivity contribution in [3.63, 3.8) is 0 Å². The van der Waals surface area contributed by atoms with E-state index in [4.69, 9.17) is 0 Å². The molecule has 0 saturated carbocycles. The lowest BCUT2D eigenvalue weighted by molar-refractivity contribution is -0.119. The molecule has 0 radical (unpaired) electrons. The number of anilines is 1. The Bertz CT molecular complexity index is 1150. The van der Waals surface area contributed by atoms with Crippen molar-refractivity contribution >= 4 is 28.7 Å². The molecule has 0 spiro atoms. The Kier molecular flexibility index (Phi) is 5.38. The topological polar surface area (TPSA) is 58.4 Å². The van der Waals surface area contributed by atoms with E-state index < -0.39 is 0 Å². The molecule has 5 heteroatoms. The highest BCUT2D eigenvalue weighted by Crippen LogP contribution is 2.31. The van der Waals surface area contributed by atoms with Crippen LogP contribution in [0.5, 0.6) is 0 Å². The van der Waals surface area contributed by atoms with Gasteiger partial charge < -0.3 is 9.88 Å². The Morgan fingerprint density at radius 3 is 2.34 bits per heavy atom. The van der Waals surface area contributed by atoms with Crippen molar-refractivity contribution in [2.75, 3.05) is 11.9 Å². The zero-order valence-corrected chi connectivity index (χ0v) is 16.2. The first-order valence-corrected chi connectivity index (χ1v) is 9.47. The highest BCUT2D eigenvalue weighted by molar-refractivity contribution is 6.06. The Morgan fingerprint density at radius 2 is 1.59 bits per heavy atom. The fourth-order valence-corrected chi connectivity index (χ4v) is 3.45. The van der Waals surface area contributed by atoms with Gasteiger partial charge >= 0.3 is 0 Å². The summed E-state index contributed by atoms with van der Waals surface area (Å²) in [4.78, 5) is 12.1. The van der Waals surface area contributed by atoms with E-state index in [1.165, 1.54) is 0 Å². The Hall–Kier alpha value is -3.86. The van der Waals surface area contributed by atoms with Crippen LogP contribution in [0.1, 0.15) is 5.56 Å². The first-order chi connectivity index (χ1) is 14.2. The number of nitrogens with one attached hydrogen (secondary N) is 2. The number of benzene rings is 3. The highest BCUT2D eigenvalue weighted by Gasteiger charge is 2.14. The summed E-state index contributed by atoms with van der Waals surface area (Å²) in [5, 5.41) is 8.39. The van der Waals surface area contributed by atoms with Crippen molar-refractivity contribution in [3.8, 4) is 11.3 Å². The van der Waals surface area contributed by atoms with Crippen molar-refractivity contribution < 1.29 is 4.79 Å².